The highest BCUT2D eigenvalue weighted by atomic mass is 16.2. The highest BCUT2D eigenvalue weighted by Crippen LogP contribution is 2.34. The van der Waals surface area contributed by atoms with Crippen LogP contribution >= 0.6 is 0 Å². The van der Waals surface area contributed by atoms with E-state index in [0.717, 1.165) is 13.1 Å². The first-order chi connectivity index (χ1) is 8.64. The molecular weight excluding hydrogens is 224 g/mol. The third-order valence-corrected chi connectivity index (χ3v) is 4.54. The third-order valence-electron chi connectivity index (χ3n) is 4.54. The number of amides is 1. The van der Waals surface area contributed by atoms with Crippen LogP contribution in [0.25, 0.3) is 0 Å². The second-order valence-corrected chi connectivity index (χ2v) is 6.39. The Balaban J connectivity index is 1.69. The van der Waals surface area contributed by atoms with Gasteiger partial charge in [-0.2, -0.15) is 0 Å². The molecular formula is C15H28N2O. The normalized spacial score (nSPS) is 22.8. The first-order valence-corrected chi connectivity index (χ1v) is 7.65. The maximum absolute atomic E-state index is 12.1. The fourth-order valence-corrected chi connectivity index (χ4v) is 3.18. The molecule has 2 saturated carbocycles. The summed E-state index contributed by atoms with van der Waals surface area (Å²) in [6.45, 7) is 6.84. The summed E-state index contributed by atoms with van der Waals surface area (Å²) in [5.74, 6) is 0.291. The molecule has 104 valence electrons. The van der Waals surface area contributed by atoms with Gasteiger partial charge in [-0.1, -0.05) is 26.2 Å². The number of hydrogen-bond donors (Lipinski definition) is 1. The Labute approximate surface area is 111 Å². The van der Waals surface area contributed by atoms with Gasteiger partial charge in [-0.15, -0.1) is 0 Å². The van der Waals surface area contributed by atoms with Crippen molar-refractivity contribution in [2.24, 2.45) is 5.41 Å². The van der Waals surface area contributed by atoms with Crippen molar-refractivity contribution >= 4 is 5.91 Å². The molecule has 0 spiro atoms. The van der Waals surface area contributed by atoms with Gasteiger partial charge in [-0.25, -0.2) is 0 Å². The molecule has 0 saturated heterocycles. The molecule has 0 radical (unpaired) electrons. The summed E-state index contributed by atoms with van der Waals surface area (Å²) in [5.41, 5.74) is 0.426. The monoisotopic (exact) mass is 252 g/mol. The van der Waals surface area contributed by atoms with Crippen molar-refractivity contribution in [3.05, 3.63) is 0 Å². The maximum atomic E-state index is 12.1. The van der Waals surface area contributed by atoms with Crippen molar-refractivity contribution in [3.63, 3.8) is 0 Å². The van der Waals surface area contributed by atoms with Gasteiger partial charge in [0, 0.05) is 19.1 Å². The van der Waals surface area contributed by atoms with Crippen LogP contribution in [0, 0.1) is 5.41 Å². The van der Waals surface area contributed by atoms with E-state index in [1.54, 1.807) is 0 Å². The molecule has 3 heteroatoms. The summed E-state index contributed by atoms with van der Waals surface area (Å²) >= 11 is 0. The first-order valence-electron chi connectivity index (χ1n) is 7.65. The van der Waals surface area contributed by atoms with Crippen molar-refractivity contribution in [3.8, 4) is 0 Å². The molecule has 1 amide bonds. The number of nitrogens with zero attached hydrogens (tertiary/aromatic N) is 1. The number of carbonyl (C=O) groups is 1. The van der Waals surface area contributed by atoms with Gasteiger partial charge < -0.3 is 10.2 Å². The lowest BCUT2D eigenvalue weighted by molar-refractivity contribution is -0.130. The average molecular weight is 252 g/mol. The molecule has 0 aromatic carbocycles. The van der Waals surface area contributed by atoms with E-state index in [1.807, 2.05) is 4.90 Å². The van der Waals surface area contributed by atoms with Crippen LogP contribution in [-0.4, -0.2) is 36.5 Å². The molecule has 0 atom stereocenters. The van der Waals surface area contributed by atoms with Crippen molar-refractivity contribution in [1.82, 2.24) is 10.2 Å². The quantitative estimate of drug-likeness (QED) is 0.788. The van der Waals surface area contributed by atoms with E-state index in [2.05, 4.69) is 19.2 Å². The molecule has 0 bridgehead atoms. The average Bonchev–Trinajstić information content (AvgIpc) is 3.15. The molecule has 2 aliphatic rings. The lowest BCUT2D eigenvalue weighted by atomic mass is 9.76. The van der Waals surface area contributed by atoms with Crippen LogP contribution < -0.4 is 5.32 Å². The Bertz CT molecular complexity index is 280. The highest BCUT2D eigenvalue weighted by Gasteiger charge is 2.31. The van der Waals surface area contributed by atoms with E-state index in [1.165, 1.54) is 44.9 Å². The number of hydrogen-bond acceptors (Lipinski definition) is 2. The molecule has 0 unspecified atom stereocenters. The second-order valence-electron chi connectivity index (χ2n) is 6.39. The lowest BCUT2D eigenvalue weighted by Crippen LogP contribution is -2.42. The second kappa shape index (κ2) is 6.05. The Hall–Kier alpha value is -0.570. The minimum Gasteiger partial charge on any atom is -0.339 e. The fraction of sp³-hybridized carbons (Fsp3) is 0.933. The zero-order chi connectivity index (χ0) is 13.0. The van der Waals surface area contributed by atoms with Crippen molar-refractivity contribution in [2.75, 3.05) is 19.6 Å². The Morgan fingerprint density at radius 2 is 1.94 bits per heavy atom. The molecule has 2 rings (SSSR count). The van der Waals surface area contributed by atoms with Crippen LogP contribution in [0.5, 0.6) is 0 Å². The minimum atomic E-state index is 0.291. The van der Waals surface area contributed by atoms with Crippen molar-refractivity contribution in [2.45, 2.75) is 64.8 Å². The number of likely N-dealkylation sites (N-methyl/N-ethyl adjacent to an activating group) is 1. The molecule has 2 aliphatic carbocycles. The van der Waals surface area contributed by atoms with E-state index in [0.29, 0.717) is 23.9 Å². The van der Waals surface area contributed by atoms with Gasteiger partial charge in [-0.05, 0) is 38.0 Å². The van der Waals surface area contributed by atoms with Crippen LogP contribution in [0.3, 0.4) is 0 Å². The Kier molecular flexibility index (Phi) is 4.66. The van der Waals surface area contributed by atoms with Gasteiger partial charge >= 0.3 is 0 Å². The van der Waals surface area contributed by atoms with Crippen LogP contribution in [0.15, 0.2) is 0 Å². The molecule has 18 heavy (non-hydrogen) atoms. The van der Waals surface area contributed by atoms with Crippen LogP contribution in [0.1, 0.15) is 58.8 Å². The topological polar surface area (TPSA) is 32.3 Å². The molecule has 0 aromatic rings. The van der Waals surface area contributed by atoms with Gasteiger partial charge in [-0.3, -0.25) is 4.79 Å². The van der Waals surface area contributed by atoms with Gasteiger partial charge in [0.1, 0.15) is 0 Å². The van der Waals surface area contributed by atoms with Crippen molar-refractivity contribution in [1.29, 1.82) is 0 Å². The van der Waals surface area contributed by atoms with E-state index in [9.17, 15) is 4.79 Å². The predicted molar refractivity (Wildman–Crippen MR) is 74.5 cm³/mol. The fourth-order valence-electron chi connectivity index (χ4n) is 3.18. The van der Waals surface area contributed by atoms with Crippen LogP contribution in [0.4, 0.5) is 0 Å². The van der Waals surface area contributed by atoms with Crippen LogP contribution in [-0.2, 0) is 4.79 Å². The summed E-state index contributed by atoms with van der Waals surface area (Å²) in [6, 6.07) is 0.551. The number of carbonyl (C=O) groups excluding carboxylic acids is 1. The molecule has 1 N–H and O–H groups in total. The van der Waals surface area contributed by atoms with E-state index in [-0.39, 0.29) is 0 Å². The summed E-state index contributed by atoms with van der Waals surface area (Å²) in [7, 11) is 0. The van der Waals surface area contributed by atoms with Gasteiger partial charge in [0.25, 0.3) is 0 Å². The smallest absolute Gasteiger partial charge is 0.236 e. The van der Waals surface area contributed by atoms with E-state index in [4.69, 9.17) is 0 Å². The number of rotatable bonds is 6. The Morgan fingerprint density at radius 3 is 2.50 bits per heavy atom. The number of nitrogens with one attached hydrogen (secondary N) is 1. The van der Waals surface area contributed by atoms with Crippen molar-refractivity contribution < 1.29 is 4.79 Å². The third kappa shape index (κ3) is 3.71. The predicted octanol–water partition coefficient (Wildman–Crippen LogP) is 2.56. The maximum Gasteiger partial charge on any atom is 0.236 e. The highest BCUT2D eigenvalue weighted by molar-refractivity contribution is 5.78. The van der Waals surface area contributed by atoms with E-state index < -0.39 is 0 Å². The van der Waals surface area contributed by atoms with E-state index >= 15 is 0 Å². The largest absolute Gasteiger partial charge is 0.339 e. The minimum absolute atomic E-state index is 0.291. The molecule has 3 nitrogen and oxygen atoms in total. The van der Waals surface area contributed by atoms with Gasteiger partial charge in [0.05, 0.1) is 6.54 Å². The van der Waals surface area contributed by atoms with Crippen LogP contribution in [0.2, 0.25) is 0 Å². The van der Waals surface area contributed by atoms with Gasteiger partial charge in [0.2, 0.25) is 5.91 Å². The summed E-state index contributed by atoms with van der Waals surface area (Å²) in [6.07, 6.45) is 9.14. The first kappa shape index (κ1) is 13.9. The Morgan fingerprint density at radius 1 is 1.28 bits per heavy atom. The summed E-state index contributed by atoms with van der Waals surface area (Å²) in [4.78, 5) is 14.1. The zero-order valence-corrected chi connectivity index (χ0v) is 12.0. The molecule has 0 aromatic heterocycles. The SMILES string of the molecule is CCN(C(=O)CNCC1(C)CCCCC1)C1CC1. The standard InChI is InChI=1S/C15H28N2O/c1-3-17(13-7-8-13)14(18)11-16-12-15(2)9-5-4-6-10-15/h13,16H,3-12H2,1-2H3. The summed E-state index contributed by atoms with van der Waals surface area (Å²) < 4.78 is 0. The zero-order valence-electron chi connectivity index (χ0n) is 12.0. The van der Waals surface area contributed by atoms with Gasteiger partial charge in [0.15, 0.2) is 0 Å². The molecule has 0 aliphatic heterocycles. The lowest BCUT2D eigenvalue weighted by Gasteiger charge is -2.34. The summed E-state index contributed by atoms with van der Waals surface area (Å²) in [5, 5.41) is 3.40. The molecule has 2 fully saturated rings. The molecule has 0 heterocycles.